The van der Waals surface area contributed by atoms with Crippen LogP contribution in [0.1, 0.15) is 48.0 Å². The van der Waals surface area contributed by atoms with Crippen LogP contribution >= 0.6 is 0 Å². The first-order valence-electron chi connectivity index (χ1n) is 5.21. The molecular formula is C12H22O2. The molecule has 0 heterocycles. The van der Waals surface area contributed by atoms with Crippen molar-refractivity contribution >= 4 is 11.6 Å². The number of carbonyl (C=O) groups is 2. The summed E-state index contributed by atoms with van der Waals surface area (Å²) in [6, 6.07) is 0. The molecule has 0 radical (unpaired) electrons. The van der Waals surface area contributed by atoms with E-state index in [0.29, 0.717) is 12.3 Å². The maximum atomic E-state index is 11.9. The first-order chi connectivity index (χ1) is 6.16. The van der Waals surface area contributed by atoms with E-state index in [0.717, 1.165) is 0 Å². The summed E-state index contributed by atoms with van der Waals surface area (Å²) in [4.78, 5) is 23.3. The highest BCUT2D eigenvalue weighted by Crippen LogP contribution is 2.25. The molecule has 0 aliphatic carbocycles. The molecule has 2 nitrogen and oxygen atoms in total. The molecule has 82 valence electrons. The van der Waals surface area contributed by atoms with Gasteiger partial charge in [-0.3, -0.25) is 9.59 Å². The minimum Gasteiger partial charge on any atom is -0.299 e. The quantitative estimate of drug-likeness (QED) is 0.651. The highest BCUT2D eigenvalue weighted by atomic mass is 16.2. The van der Waals surface area contributed by atoms with Crippen LogP contribution in [-0.4, -0.2) is 11.6 Å². The third-order valence-electron chi connectivity index (χ3n) is 2.25. The van der Waals surface area contributed by atoms with Crippen LogP contribution in [0, 0.1) is 17.3 Å². The first-order valence-corrected chi connectivity index (χ1v) is 5.21. The van der Waals surface area contributed by atoms with Crippen molar-refractivity contribution in [2.24, 2.45) is 17.3 Å². The predicted molar refractivity (Wildman–Crippen MR) is 58.1 cm³/mol. The van der Waals surface area contributed by atoms with Gasteiger partial charge in [0.25, 0.3) is 0 Å². The van der Waals surface area contributed by atoms with E-state index in [9.17, 15) is 9.59 Å². The zero-order valence-corrected chi connectivity index (χ0v) is 10.2. The molecular weight excluding hydrogens is 176 g/mol. The topological polar surface area (TPSA) is 34.1 Å². The Hall–Kier alpha value is -0.660. The van der Waals surface area contributed by atoms with E-state index in [1.54, 1.807) is 0 Å². The fraction of sp³-hybridized carbons (Fsp3) is 0.833. The van der Waals surface area contributed by atoms with Gasteiger partial charge in [-0.1, -0.05) is 34.6 Å². The van der Waals surface area contributed by atoms with E-state index in [1.165, 1.54) is 6.92 Å². The average Bonchev–Trinajstić information content (AvgIpc) is 1.96. The number of rotatable bonds is 4. The summed E-state index contributed by atoms with van der Waals surface area (Å²) in [5.41, 5.74) is -0.411. The molecule has 0 fully saturated rings. The lowest BCUT2D eigenvalue weighted by atomic mass is 9.78. The number of ketones is 2. The third-order valence-corrected chi connectivity index (χ3v) is 2.25. The van der Waals surface area contributed by atoms with E-state index in [4.69, 9.17) is 0 Å². The lowest BCUT2D eigenvalue weighted by Crippen LogP contribution is -2.33. The van der Waals surface area contributed by atoms with Gasteiger partial charge < -0.3 is 0 Å². The molecule has 1 atom stereocenters. The van der Waals surface area contributed by atoms with E-state index < -0.39 is 11.3 Å². The molecule has 0 saturated carbocycles. The second-order valence-corrected chi connectivity index (χ2v) is 5.41. The molecule has 0 rings (SSSR count). The summed E-state index contributed by atoms with van der Waals surface area (Å²) < 4.78 is 0. The molecule has 0 aromatic rings. The van der Waals surface area contributed by atoms with Gasteiger partial charge in [-0.25, -0.2) is 0 Å². The van der Waals surface area contributed by atoms with E-state index in [2.05, 4.69) is 0 Å². The van der Waals surface area contributed by atoms with Crippen LogP contribution in [-0.2, 0) is 9.59 Å². The van der Waals surface area contributed by atoms with Crippen LogP contribution in [0.2, 0.25) is 0 Å². The van der Waals surface area contributed by atoms with Crippen LogP contribution in [0.5, 0.6) is 0 Å². The van der Waals surface area contributed by atoms with Crippen LogP contribution < -0.4 is 0 Å². The highest BCUT2D eigenvalue weighted by molar-refractivity contribution is 6.03. The number of Topliss-reactive ketones (excluding diaryl/α,β-unsaturated/α-hetero) is 2. The standard InChI is InChI=1S/C12H22O2/c1-8(2)7-10(9(3)13)11(14)12(4,5)6/h8,10H,7H2,1-6H3. The van der Waals surface area contributed by atoms with E-state index >= 15 is 0 Å². The van der Waals surface area contributed by atoms with Crippen molar-refractivity contribution < 1.29 is 9.59 Å². The summed E-state index contributed by atoms with van der Waals surface area (Å²) >= 11 is 0. The van der Waals surface area contributed by atoms with Gasteiger partial charge in [0.05, 0.1) is 5.92 Å². The van der Waals surface area contributed by atoms with E-state index in [-0.39, 0.29) is 11.6 Å². The largest absolute Gasteiger partial charge is 0.299 e. The maximum absolute atomic E-state index is 11.9. The fourth-order valence-electron chi connectivity index (χ4n) is 1.45. The lowest BCUT2D eigenvalue weighted by Gasteiger charge is -2.23. The second kappa shape index (κ2) is 4.72. The molecule has 0 aliphatic rings. The summed E-state index contributed by atoms with van der Waals surface area (Å²) in [5.74, 6) is 0.0440. The van der Waals surface area contributed by atoms with Crippen molar-refractivity contribution in [3.63, 3.8) is 0 Å². The van der Waals surface area contributed by atoms with Gasteiger partial charge in [0.1, 0.15) is 11.6 Å². The average molecular weight is 198 g/mol. The zero-order chi connectivity index (χ0) is 11.5. The Morgan fingerprint density at radius 3 is 1.79 bits per heavy atom. The predicted octanol–water partition coefficient (Wildman–Crippen LogP) is 2.85. The Bertz CT molecular complexity index is 221. The third kappa shape index (κ3) is 4.03. The van der Waals surface area contributed by atoms with Crippen molar-refractivity contribution in [1.29, 1.82) is 0 Å². The molecule has 0 saturated heterocycles. The second-order valence-electron chi connectivity index (χ2n) is 5.41. The van der Waals surface area contributed by atoms with Crippen molar-refractivity contribution in [2.75, 3.05) is 0 Å². The van der Waals surface area contributed by atoms with Crippen LogP contribution in [0.25, 0.3) is 0 Å². The summed E-state index contributed by atoms with van der Waals surface area (Å²) in [6.45, 7) is 11.2. The Labute approximate surface area is 87.1 Å². The molecule has 1 unspecified atom stereocenters. The molecule has 0 aliphatic heterocycles. The Morgan fingerprint density at radius 2 is 1.57 bits per heavy atom. The highest BCUT2D eigenvalue weighted by Gasteiger charge is 2.32. The molecule has 0 spiro atoms. The number of hydrogen-bond acceptors (Lipinski definition) is 2. The molecule has 0 N–H and O–H groups in total. The molecule has 0 amide bonds. The van der Waals surface area contributed by atoms with Crippen LogP contribution in [0.15, 0.2) is 0 Å². The summed E-state index contributed by atoms with van der Waals surface area (Å²) in [7, 11) is 0. The monoisotopic (exact) mass is 198 g/mol. The van der Waals surface area contributed by atoms with Crippen LogP contribution in [0.4, 0.5) is 0 Å². The molecule has 0 aromatic heterocycles. The van der Waals surface area contributed by atoms with Crippen LogP contribution in [0.3, 0.4) is 0 Å². The molecule has 0 aromatic carbocycles. The minimum atomic E-state index is -0.411. The SMILES string of the molecule is CC(=O)C(CC(C)C)C(=O)C(C)(C)C. The van der Waals surface area contributed by atoms with Gasteiger partial charge in [0.15, 0.2) is 0 Å². The molecule has 2 heteroatoms. The van der Waals surface area contributed by atoms with Crippen molar-refractivity contribution in [2.45, 2.75) is 48.0 Å². The summed E-state index contributed by atoms with van der Waals surface area (Å²) in [5, 5.41) is 0. The lowest BCUT2D eigenvalue weighted by molar-refractivity contribution is -0.137. The zero-order valence-electron chi connectivity index (χ0n) is 10.2. The van der Waals surface area contributed by atoms with Crippen molar-refractivity contribution in [3.05, 3.63) is 0 Å². The minimum absolute atomic E-state index is 0.00127. The van der Waals surface area contributed by atoms with Gasteiger partial charge in [0.2, 0.25) is 0 Å². The Morgan fingerprint density at radius 1 is 1.14 bits per heavy atom. The summed E-state index contributed by atoms with van der Waals surface area (Å²) in [6.07, 6.45) is 0.672. The van der Waals surface area contributed by atoms with Crippen molar-refractivity contribution in [1.82, 2.24) is 0 Å². The van der Waals surface area contributed by atoms with Gasteiger partial charge in [-0.15, -0.1) is 0 Å². The maximum Gasteiger partial charge on any atom is 0.148 e. The normalized spacial score (nSPS) is 14.2. The Balaban J connectivity index is 4.68. The van der Waals surface area contributed by atoms with Crippen molar-refractivity contribution in [3.8, 4) is 0 Å². The number of carbonyl (C=O) groups excluding carboxylic acids is 2. The van der Waals surface area contributed by atoms with E-state index in [1.807, 2.05) is 34.6 Å². The molecule has 0 bridgehead atoms. The smallest absolute Gasteiger partial charge is 0.148 e. The van der Waals surface area contributed by atoms with Gasteiger partial charge in [0, 0.05) is 5.41 Å². The van der Waals surface area contributed by atoms with Gasteiger partial charge in [-0.2, -0.15) is 0 Å². The fourth-order valence-corrected chi connectivity index (χ4v) is 1.45. The Kier molecular flexibility index (Phi) is 4.50. The van der Waals surface area contributed by atoms with Gasteiger partial charge >= 0.3 is 0 Å². The number of hydrogen-bond donors (Lipinski definition) is 0. The first kappa shape index (κ1) is 13.3. The molecule has 14 heavy (non-hydrogen) atoms. The van der Waals surface area contributed by atoms with Gasteiger partial charge in [-0.05, 0) is 19.3 Å².